The normalized spacial score (nSPS) is 21.0. The molecule has 1 aliphatic rings. The van der Waals surface area contributed by atoms with E-state index in [1.165, 1.54) is 31.6 Å². The number of hydrogen-bond donors (Lipinski definition) is 1. The second-order valence-electron chi connectivity index (χ2n) is 11.6. The first-order valence-corrected chi connectivity index (χ1v) is 17.3. The van der Waals surface area contributed by atoms with Crippen molar-refractivity contribution >= 4 is 34.0 Å². The molecule has 1 N–H and O–H groups in total. The fourth-order valence-corrected chi connectivity index (χ4v) is 7.12. The van der Waals surface area contributed by atoms with Crippen LogP contribution in [-0.2, 0) is 59.0 Å². The highest BCUT2D eigenvalue weighted by molar-refractivity contribution is 7.85. The maximum atomic E-state index is 14.1. The minimum atomic E-state index is -1.78. The number of aromatic amines is 1. The highest BCUT2D eigenvalue weighted by Gasteiger charge is 2.53. The molecule has 260 valence electrons. The molecule has 0 saturated carbocycles. The summed E-state index contributed by atoms with van der Waals surface area (Å²) in [5.74, 6) is -0.769. The van der Waals surface area contributed by atoms with Gasteiger partial charge in [0.2, 0.25) is 0 Å². The highest BCUT2D eigenvalue weighted by atomic mass is 32.2. The van der Waals surface area contributed by atoms with Crippen LogP contribution in [0.4, 0.5) is 4.79 Å². The molecule has 1 aliphatic heterocycles. The van der Waals surface area contributed by atoms with E-state index < -0.39 is 53.5 Å². The largest absolute Gasteiger partial charge is 0.457 e. The van der Waals surface area contributed by atoms with Crippen molar-refractivity contribution in [3.63, 3.8) is 0 Å². The van der Waals surface area contributed by atoms with Crippen molar-refractivity contribution in [2.45, 2.75) is 62.4 Å². The van der Waals surface area contributed by atoms with E-state index in [1.54, 1.807) is 0 Å². The number of carbonyl (C=O) groups excluding carboxylic acids is 2. The fourth-order valence-electron chi connectivity index (χ4n) is 5.86. The Hall–Kier alpha value is -5.02. The molecule has 0 aliphatic carbocycles. The summed E-state index contributed by atoms with van der Waals surface area (Å²) in [6.45, 7) is 1.48. The van der Waals surface area contributed by atoms with Gasteiger partial charge in [-0.3, -0.25) is 13.9 Å². The third-order valence-corrected chi connectivity index (χ3v) is 9.52. The first kappa shape index (κ1) is 34.8. The van der Waals surface area contributed by atoms with Crippen molar-refractivity contribution in [1.29, 1.82) is 0 Å². The average Bonchev–Trinajstić information content (AvgIpc) is 3.63. The smallest absolute Gasteiger partial charge is 0.410 e. The van der Waals surface area contributed by atoms with Gasteiger partial charge in [-0.2, -0.15) is 0 Å². The molecule has 2 aromatic heterocycles. The molecule has 3 heterocycles. The van der Waals surface area contributed by atoms with Crippen LogP contribution in [0, 0.1) is 0 Å². The lowest BCUT2D eigenvalue weighted by molar-refractivity contribution is -0.280. The van der Waals surface area contributed by atoms with Gasteiger partial charge in [0.25, 0.3) is 0 Å². The van der Waals surface area contributed by atoms with Crippen molar-refractivity contribution in [3.05, 3.63) is 120 Å². The third kappa shape index (κ3) is 8.40. The number of nitrogens with one attached hydrogen (secondary N) is 1. The van der Waals surface area contributed by atoms with E-state index >= 15 is 0 Å². The SMILES string of the molecule is CO[C@H]1O[C@H](CS(=O)c2ncnc3nc[nH]c23)[C@@H](OC(C)=O)[C@H](OCc2ccccc2)[C@H]1N(Cc1ccccc1)C(=O)OCc1ccccc1. The predicted octanol–water partition coefficient (Wildman–Crippen LogP) is 4.56. The molecule has 1 saturated heterocycles. The van der Waals surface area contributed by atoms with Gasteiger partial charge in [0, 0.05) is 20.6 Å². The number of imidazole rings is 1. The Kier molecular flexibility index (Phi) is 11.6. The molecule has 5 aromatic rings. The number of aromatic nitrogens is 4. The summed E-state index contributed by atoms with van der Waals surface area (Å²) in [4.78, 5) is 43.7. The van der Waals surface area contributed by atoms with Gasteiger partial charge >= 0.3 is 12.1 Å². The van der Waals surface area contributed by atoms with Gasteiger partial charge in [0.15, 0.2) is 23.1 Å². The van der Waals surface area contributed by atoms with E-state index in [1.807, 2.05) is 91.0 Å². The number of nitrogens with zero attached hydrogens (tertiary/aromatic N) is 4. The Balaban J connectivity index is 1.38. The van der Waals surface area contributed by atoms with Crippen LogP contribution in [0.1, 0.15) is 23.6 Å². The van der Waals surface area contributed by atoms with Gasteiger partial charge in [-0.25, -0.2) is 19.7 Å². The molecule has 1 amide bonds. The number of hydrogen-bond acceptors (Lipinski definition) is 11. The Morgan fingerprint density at radius 1 is 0.860 bits per heavy atom. The molecular weight excluding hydrogens is 662 g/mol. The lowest BCUT2D eigenvalue weighted by Gasteiger charge is -2.48. The van der Waals surface area contributed by atoms with E-state index in [2.05, 4.69) is 19.9 Å². The number of rotatable bonds is 13. The number of methoxy groups -OCH3 is 1. The summed E-state index contributed by atoms with van der Waals surface area (Å²) in [5, 5.41) is 0.214. The van der Waals surface area contributed by atoms with Crippen molar-refractivity contribution in [2.24, 2.45) is 0 Å². The Morgan fingerprint density at radius 2 is 1.50 bits per heavy atom. The summed E-state index contributed by atoms with van der Waals surface area (Å²) < 4.78 is 44.7. The standard InChI is InChI=1S/C36H37N5O8S/c1-24(42)48-31-28(21-50(44)34-29-33(38-22-37-29)39-23-40-34)49-35(45-2)30(32(31)46-19-26-14-8-4-9-15-26)41(18-25-12-6-3-7-13-25)36(43)47-20-27-16-10-5-11-17-27/h3-17,22-23,28,30-32,35H,18-21H2,1-2H3,(H,37,38,39,40)/t28-,30-,31-,32-,35+,50?/m1/s1. The van der Waals surface area contributed by atoms with E-state index in [-0.39, 0.29) is 30.5 Å². The Morgan fingerprint density at radius 3 is 2.14 bits per heavy atom. The molecule has 14 heteroatoms. The van der Waals surface area contributed by atoms with E-state index in [0.29, 0.717) is 11.2 Å². The van der Waals surface area contributed by atoms with Crippen molar-refractivity contribution in [1.82, 2.24) is 24.8 Å². The summed E-state index contributed by atoms with van der Waals surface area (Å²) in [7, 11) is -0.338. The lowest BCUT2D eigenvalue weighted by Crippen LogP contribution is -2.67. The van der Waals surface area contributed by atoms with Crippen molar-refractivity contribution in [2.75, 3.05) is 12.9 Å². The Labute approximate surface area is 291 Å². The summed E-state index contributed by atoms with van der Waals surface area (Å²) >= 11 is 0. The number of benzene rings is 3. The highest BCUT2D eigenvalue weighted by Crippen LogP contribution is 2.33. The first-order chi connectivity index (χ1) is 24.4. The fraction of sp³-hybridized carbons (Fsp3) is 0.306. The maximum Gasteiger partial charge on any atom is 0.410 e. The minimum absolute atomic E-state index is 0.0156. The molecule has 13 nitrogen and oxygen atoms in total. The van der Waals surface area contributed by atoms with Gasteiger partial charge in [-0.05, 0) is 16.7 Å². The molecule has 6 atom stereocenters. The quantitative estimate of drug-likeness (QED) is 0.136. The van der Waals surface area contributed by atoms with Gasteiger partial charge < -0.3 is 28.7 Å². The van der Waals surface area contributed by atoms with Crippen LogP contribution < -0.4 is 0 Å². The van der Waals surface area contributed by atoms with E-state index in [4.69, 9.17) is 23.7 Å². The number of amides is 1. The average molecular weight is 700 g/mol. The molecule has 0 spiro atoms. The summed E-state index contributed by atoms with van der Waals surface area (Å²) in [6, 6.07) is 27.2. The van der Waals surface area contributed by atoms with Crippen molar-refractivity contribution in [3.8, 4) is 0 Å². The van der Waals surface area contributed by atoms with Gasteiger partial charge in [-0.15, -0.1) is 0 Å². The minimum Gasteiger partial charge on any atom is -0.457 e. The molecule has 1 unspecified atom stereocenters. The number of ether oxygens (including phenoxy) is 5. The van der Waals surface area contributed by atoms with Crippen LogP contribution in [0.15, 0.2) is 109 Å². The van der Waals surface area contributed by atoms with Gasteiger partial charge in [-0.1, -0.05) is 91.0 Å². The number of H-pyrrole nitrogens is 1. The zero-order valence-electron chi connectivity index (χ0n) is 27.5. The third-order valence-electron chi connectivity index (χ3n) is 8.15. The maximum absolute atomic E-state index is 14.1. The second kappa shape index (κ2) is 16.6. The van der Waals surface area contributed by atoms with Gasteiger partial charge in [0.1, 0.15) is 36.7 Å². The number of carbonyl (C=O) groups is 2. The van der Waals surface area contributed by atoms with Crippen molar-refractivity contribution < 1.29 is 37.5 Å². The predicted molar refractivity (Wildman–Crippen MR) is 182 cm³/mol. The molecule has 0 bridgehead atoms. The molecule has 6 rings (SSSR count). The number of fused-ring (bicyclic) bond motifs is 1. The topological polar surface area (TPSA) is 155 Å². The molecule has 3 aromatic carbocycles. The number of esters is 1. The second-order valence-corrected chi connectivity index (χ2v) is 13.0. The van der Waals surface area contributed by atoms with Crippen LogP contribution in [0.25, 0.3) is 11.2 Å². The molecule has 0 radical (unpaired) electrons. The lowest BCUT2D eigenvalue weighted by atomic mass is 9.95. The van der Waals surface area contributed by atoms with Crippen LogP contribution in [0.5, 0.6) is 0 Å². The molecular formula is C36H37N5O8S. The molecule has 50 heavy (non-hydrogen) atoms. The first-order valence-electron chi connectivity index (χ1n) is 16.0. The molecule has 1 fully saturated rings. The monoisotopic (exact) mass is 699 g/mol. The summed E-state index contributed by atoms with van der Waals surface area (Å²) in [5.41, 5.74) is 3.22. The van der Waals surface area contributed by atoms with Gasteiger partial charge in [0.05, 0.1) is 29.5 Å². The zero-order valence-corrected chi connectivity index (χ0v) is 28.3. The van der Waals surface area contributed by atoms with E-state index in [0.717, 1.165) is 16.7 Å². The van der Waals surface area contributed by atoms with Crippen LogP contribution in [0.3, 0.4) is 0 Å². The van der Waals surface area contributed by atoms with E-state index in [9.17, 15) is 13.8 Å². The van der Waals surface area contributed by atoms with Crippen LogP contribution >= 0.6 is 0 Å². The summed E-state index contributed by atoms with van der Waals surface area (Å²) in [6.07, 6.45) is -2.21. The Bertz CT molecular complexity index is 1880. The zero-order chi connectivity index (χ0) is 34.9. The van der Waals surface area contributed by atoms with Crippen LogP contribution in [0.2, 0.25) is 0 Å². The van der Waals surface area contributed by atoms with Crippen LogP contribution in [-0.4, -0.2) is 84.6 Å².